The minimum atomic E-state index is -0.453. The van der Waals surface area contributed by atoms with E-state index in [1.165, 1.54) is 37.4 Å². The molecule has 1 saturated heterocycles. The number of carbonyl (C=O) groups excluding carboxylic acids is 1. The van der Waals surface area contributed by atoms with E-state index < -0.39 is 5.97 Å². The second kappa shape index (κ2) is 9.87. The molecule has 0 N–H and O–H groups in total. The van der Waals surface area contributed by atoms with Gasteiger partial charge in [-0.25, -0.2) is 4.79 Å². The predicted octanol–water partition coefficient (Wildman–Crippen LogP) is 4.87. The summed E-state index contributed by atoms with van der Waals surface area (Å²) in [4.78, 5) is 14.4. The molecule has 0 radical (unpaired) electrons. The molecule has 30 heavy (non-hydrogen) atoms. The van der Waals surface area contributed by atoms with Crippen LogP contribution in [0.1, 0.15) is 37.1 Å². The van der Waals surface area contributed by atoms with Gasteiger partial charge in [0.1, 0.15) is 0 Å². The van der Waals surface area contributed by atoms with Crippen LogP contribution >= 0.6 is 0 Å². The minimum Gasteiger partial charge on any atom is -0.452 e. The quantitative estimate of drug-likeness (QED) is 0.432. The number of esters is 1. The summed E-state index contributed by atoms with van der Waals surface area (Å²) in [6.07, 6.45) is 8.29. The molecule has 0 atom stereocenters. The molecule has 2 aromatic carbocycles. The first-order valence-electron chi connectivity index (χ1n) is 10.4. The first-order chi connectivity index (χ1) is 14.8. The normalized spacial score (nSPS) is 14.6. The Bertz CT molecular complexity index is 972. The zero-order valence-electron chi connectivity index (χ0n) is 16.9. The molecule has 0 bridgehead atoms. The molecule has 3 aromatic rings. The molecular weight excluding hydrogens is 378 g/mol. The van der Waals surface area contributed by atoms with Crippen LogP contribution in [0, 0.1) is 0 Å². The summed E-state index contributed by atoms with van der Waals surface area (Å²) in [5.41, 5.74) is 3.02. The van der Waals surface area contributed by atoms with Gasteiger partial charge in [-0.1, -0.05) is 43.2 Å². The third kappa shape index (κ3) is 5.35. The van der Waals surface area contributed by atoms with Crippen LogP contribution in [0.15, 0.2) is 65.1 Å². The van der Waals surface area contributed by atoms with Crippen molar-refractivity contribution in [1.82, 2.24) is 10.2 Å². The molecule has 6 nitrogen and oxygen atoms in total. The van der Waals surface area contributed by atoms with Gasteiger partial charge in [0.25, 0.3) is 5.89 Å². The highest BCUT2D eigenvalue weighted by Crippen LogP contribution is 2.20. The van der Waals surface area contributed by atoms with Crippen molar-refractivity contribution < 1.29 is 13.9 Å². The molecule has 4 rings (SSSR count). The van der Waals surface area contributed by atoms with Gasteiger partial charge in [0, 0.05) is 30.4 Å². The molecule has 1 aliphatic heterocycles. The van der Waals surface area contributed by atoms with Gasteiger partial charge in [0.15, 0.2) is 6.61 Å². The lowest BCUT2D eigenvalue weighted by molar-refractivity contribution is -0.139. The van der Waals surface area contributed by atoms with E-state index in [1.807, 2.05) is 42.5 Å². The van der Waals surface area contributed by atoms with Crippen molar-refractivity contribution in [3.8, 4) is 11.5 Å². The zero-order chi connectivity index (χ0) is 20.6. The van der Waals surface area contributed by atoms with Crippen molar-refractivity contribution in [1.29, 1.82) is 0 Å². The van der Waals surface area contributed by atoms with Crippen molar-refractivity contribution >= 4 is 17.7 Å². The Morgan fingerprint density at radius 2 is 1.70 bits per heavy atom. The summed E-state index contributed by atoms with van der Waals surface area (Å²) in [5.74, 6) is 0.213. The molecule has 0 aliphatic carbocycles. The van der Waals surface area contributed by atoms with E-state index in [9.17, 15) is 4.79 Å². The van der Waals surface area contributed by atoms with E-state index in [0.29, 0.717) is 5.89 Å². The summed E-state index contributed by atoms with van der Waals surface area (Å²) in [7, 11) is 0. The summed E-state index contributed by atoms with van der Waals surface area (Å²) >= 11 is 0. The molecule has 2 heterocycles. The first-order valence-corrected chi connectivity index (χ1v) is 10.4. The standard InChI is InChI=1S/C24H25N3O3/c28-23(29-18-22-25-26-24(30-22)20-8-4-3-5-9-20)15-12-19-10-13-21(14-11-19)27-16-6-1-2-7-17-27/h3-5,8-15H,1-2,6-7,16-18H2/b15-12+. The number of rotatable bonds is 6. The fraction of sp³-hybridized carbons (Fsp3) is 0.292. The van der Waals surface area contributed by atoms with Gasteiger partial charge in [-0.15, -0.1) is 10.2 Å². The lowest BCUT2D eigenvalue weighted by Crippen LogP contribution is -2.23. The number of nitrogens with zero attached hydrogens (tertiary/aromatic N) is 3. The Balaban J connectivity index is 1.28. The summed E-state index contributed by atoms with van der Waals surface area (Å²) in [5, 5.41) is 7.90. The van der Waals surface area contributed by atoms with Crippen LogP contribution < -0.4 is 4.90 Å². The lowest BCUT2D eigenvalue weighted by Gasteiger charge is -2.22. The van der Waals surface area contributed by atoms with Crippen molar-refractivity contribution in [2.45, 2.75) is 32.3 Å². The Morgan fingerprint density at radius 3 is 2.43 bits per heavy atom. The van der Waals surface area contributed by atoms with Gasteiger partial charge in [-0.3, -0.25) is 0 Å². The van der Waals surface area contributed by atoms with Crippen molar-refractivity contribution in [2.75, 3.05) is 18.0 Å². The lowest BCUT2D eigenvalue weighted by atomic mass is 10.1. The van der Waals surface area contributed by atoms with Crippen LogP contribution in [0.4, 0.5) is 5.69 Å². The van der Waals surface area contributed by atoms with Crippen LogP contribution in [0.5, 0.6) is 0 Å². The monoisotopic (exact) mass is 403 g/mol. The molecule has 0 amide bonds. The van der Waals surface area contributed by atoms with E-state index in [1.54, 1.807) is 6.08 Å². The highest BCUT2D eigenvalue weighted by atomic mass is 16.5. The highest BCUT2D eigenvalue weighted by molar-refractivity contribution is 5.87. The second-order valence-corrected chi connectivity index (χ2v) is 7.30. The highest BCUT2D eigenvalue weighted by Gasteiger charge is 2.11. The predicted molar refractivity (Wildman–Crippen MR) is 116 cm³/mol. The van der Waals surface area contributed by atoms with E-state index in [0.717, 1.165) is 24.2 Å². The number of anilines is 1. The Hall–Kier alpha value is -3.41. The number of aromatic nitrogens is 2. The number of ether oxygens (including phenoxy) is 1. The zero-order valence-corrected chi connectivity index (χ0v) is 16.9. The van der Waals surface area contributed by atoms with Gasteiger partial charge in [0.05, 0.1) is 0 Å². The summed E-state index contributed by atoms with van der Waals surface area (Å²) in [6.45, 7) is 2.17. The molecule has 154 valence electrons. The van der Waals surface area contributed by atoms with E-state index in [-0.39, 0.29) is 12.5 Å². The van der Waals surface area contributed by atoms with Gasteiger partial charge in [-0.2, -0.15) is 0 Å². The van der Waals surface area contributed by atoms with Crippen molar-refractivity contribution in [3.63, 3.8) is 0 Å². The average molecular weight is 403 g/mol. The van der Waals surface area contributed by atoms with Crippen LogP contribution in [-0.2, 0) is 16.1 Å². The molecule has 0 unspecified atom stereocenters. The second-order valence-electron chi connectivity index (χ2n) is 7.30. The van der Waals surface area contributed by atoms with Crippen LogP contribution in [0.2, 0.25) is 0 Å². The van der Waals surface area contributed by atoms with E-state index >= 15 is 0 Å². The van der Waals surface area contributed by atoms with Gasteiger partial charge < -0.3 is 14.1 Å². The van der Waals surface area contributed by atoms with Gasteiger partial charge >= 0.3 is 5.97 Å². The topological polar surface area (TPSA) is 68.5 Å². The molecule has 0 saturated carbocycles. The smallest absolute Gasteiger partial charge is 0.331 e. The van der Waals surface area contributed by atoms with Gasteiger partial charge in [-0.05, 0) is 48.7 Å². The SMILES string of the molecule is O=C(/C=C/c1ccc(N2CCCCCC2)cc1)OCc1nnc(-c2ccccc2)o1. The minimum absolute atomic E-state index is 0.0586. The third-order valence-corrected chi connectivity index (χ3v) is 5.10. The van der Waals surface area contributed by atoms with Gasteiger partial charge in [0.2, 0.25) is 5.89 Å². The molecule has 1 aromatic heterocycles. The summed E-state index contributed by atoms with van der Waals surface area (Å²) < 4.78 is 10.7. The maximum atomic E-state index is 12.0. The molecule has 1 aliphatic rings. The van der Waals surface area contributed by atoms with Crippen molar-refractivity contribution in [2.24, 2.45) is 0 Å². The first kappa shape index (κ1) is 19.9. The Morgan fingerprint density at radius 1 is 0.967 bits per heavy atom. The maximum Gasteiger partial charge on any atom is 0.331 e. The fourth-order valence-corrected chi connectivity index (χ4v) is 3.48. The Labute approximate surface area is 176 Å². The van der Waals surface area contributed by atoms with E-state index in [4.69, 9.17) is 9.15 Å². The molecule has 1 fully saturated rings. The fourth-order valence-electron chi connectivity index (χ4n) is 3.48. The van der Waals surface area contributed by atoms with Crippen LogP contribution in [0.3, 0.4) is 0 Å². The molecule has 0 spiro atoms. The number of hydrogen-bond donors (Lipinski definition) is 0. The molecular formula is C24H25N3O3. The number of benzene rings is 2. The third-order valence-electron chi connectivity index (χ3n) is 5.10. The van der Waals surface area contributed by atoms with E-state index in [2.05, 4.69) is 27.2 Å². The Kier molecular flexibility index (Phi) is 6.54. The van der Waals surface area contributed by atoms with Crippen LogP contribution in [-0.4, -0.2) is 29.3 Å². The largest absolute Gasteiger partial charge is 0.452 e. The number of hydrogen-bond acceptors (Lipinski definition) is 6. The molecule has 6 heteroatoms. The van der Waals surface area contributed by atoms with Crippen LogP contribution in [0.25, 0.3) is 17.5 Å². The summed E-state index contributed by atoms with van der Waals surface area (Å²) in [6, 6.07) is 17.7. The van der Waals surface area contributed by atoms with Crippen molar-refractivity contribution in [3.05, 3.63) is 72.1 Å². The average Bonchev–Trinajstić information content (AvgIpc) is 3.11. The maximum absolute atomic E-state index is 12.0. The number of carbonyl (C=O) groups is 1.